The molecule has 0 heterocycles. The molecule has 0 saturated heterocycles. The van der Waals surface area contributed by atoms with Gasteiger partial charge in [0.05, 0.1) is 0 Å². The van der Waals surface area contributed by atoms with Crippen molar-refractivity contribution in [1.82, 2.24) is 0 Å². The zero-order valence-electron chi connectivity index (χ0n) is 38.1. The molecule has 0 radical (unpaired) electrons. The van der Waals surface area contributed by atoms with E-state index in [0.717, 1.165) is 59.2 Å². The molecule has 10 aliphatic rings. The van der Waals surface area contributed by atoms with E-state index in [0.29, 0.717) is 7.25 Å². The fourth-order valence-corrected chi connectivity index (χ4v) is 43.6. The SMILES string of the molecule is CC[CH2][Zr]([CH3])(=[SiH2])([CH]1C(CC2C3CC4CC(C3)CC2C4)=Cc2c(-c3ccc(C)cc3)cccc21)[CH]1C(CC2C3CC4CC(C3)CC2C4)=Cc2c(-c3ccc(C)cc3)cccc21.Cl.Cl. The maximum atomic E-state index is 3.05. The van der Waals surface area contributed by atoms with Crippen LogP contribution in [0.3, 0.4) is 0 Å². The number of aryl methyl sites for hydroxylation is 2. The third-order valence-electron chi connectivity index (χ3n) is 19.5. The molecular formula is C58H72Cl2SiZr. The Balaban J connectivity index is 0.00000229. The molecule has 326 valence electrons. The number of rotatable bonds is 10. The van der Waals surface area contributed by atoms with E-state index >= 15 is 0 Å². The minimum atomic E-state index is -4.03. The Labute approximate surface area is 389 Å². The van der Waals surface area contributed by atoms with E-state index in [1.165, 1.54) is 108 Å². The van der Waals surface area contributed by atoms with Crippen molar-refractivity contribution < 1.29 is 17.4 Å². The van der Waals surface area contributed by atoms with Gasteiger partial charge in [-0.2, -0.15) is 0 Å². The van der Waals surface area contributed by atoms with E-state index in [1.807, 2.05) is 11.1 Å². The Kier molecular flexibility index (Phi) is 11.6. The average Bonchev–Trinajstić information content (AvgIpc) is 3.81. The Morgan fingerprint density at radius 3 is 1.19 bits per heavy atom. The van der Waals surface area contributed by atoms with Crippen molar-refractivity contribution in [2.75, 3.05) is 0 Å². The van der Waals surface area contributed by atoms with Crippen LogP contribution in [0.25, 0.3) is 34.4 Å². The van der Waals surface area contributed by atoms with Gasteiger partial charge in [0.2, 0.25) is 0 Å². The van der Waals surface area contributed by atoms with Crippen LogP contribution in [0.15, 0.2) is 96.1 Å². The van der Waals surface area contributed by atoms with Gasteiger partial charge in [0.15, 0.2) is 0 Å². The Morgan fingerprint density at radius 2 is 0.855 bits per heavy atom. The van der Waals surface area contributed by atoms with Crippen LogP contribution >= 0.6 is 24.8 Å². The van der Waals surface area contributed by atoms with E-state index in [-0.39, 0.29) is 24.8 Å². The molecule has 2 unspecified atom stereocenters. The van der Waals surface area contributed by atoms with Gasteiger partial charge in [-0.1, -0.05) is 0 Å². The van der Waals surface area contributed by atoms with E-state index in [2.05, 4.69) is 129 Å². The van der Waals surface area contributed by atoms with Crippen molar-refractivity contribution >= 4 is 43.8 Å². The Morgan fingerprint density at radius 1 is 0.500 bits per heavy atom. The zero-order valence-corrected chi connectivity index (χ0v) is 43.6. The fourth-order valence-electron chi connectivity index (χ4n) is 17.7. The summed E-state index contributed by atoms with van der Waals surface area (Å²) >= 11 is -4.03. The van der Waals surface area contributed by atoms with Crippen molar-refractivity contribution in [3.63, 3.8) is 0 Å². The quantitative estimate of drug-likeness (QED) is 0.139. The number of hydrogen-bond acceptors (Lipinski definition) is 0. The predicted octanol–water partition coefficient (Wildman–Crippen LogP) is 16.1. The molecule has 14 rings (SSSR count). The van der Waals surface area contributed by atoms with E-state index in [1.54, 1.807) is 35.1 Å². The molecule has 8 fully saturated rings. The summed E-state index contributed by atoms with van der Waals surface area (Å²) in [4.78, 5) is 0. The number of allylic oxidation sites excluding steroid dienone is 2. The Bertz CT molecular complexity index is 2270. The molecule has 0 aromatic heterocycles. The van der Waals surface area contributed by atoms with Crippen LogP contribution in [-0.4, -0.2) is 6.88 Å². The first-order valence-electron chi connectivity index (χ1n) is 25.0. The van der Waals surface area contributed by atoms with Gasteiger partial charge in [-0.15, -0.1) is 24.8 Å². The van der Waals surface area contributed by atoms with Gasteiger partial charge >= 0.3 is 368 Å². The van der Waals surface area contributed by atoms with Crippen LogP contribution in [0.1, 0.15) is 131 Å². The largest absolute Gasteiger partial charge is 0.147 e. The summed E-state index contributed by atoms with van der Waals surface area (Å²) < 4.78 is 5.69. The minimum absolute atomic E-state index is 0. The summed E-state index contributed by atoms with van der Waals surface area (Å²) in [6.07, 6.45) is 25.0. The molecule has 10 aliphatic carbocycles. The summed E-state index contributed by atoms with van der Waals surface area (Å²) in [6, 6.07) is 34.2. The molecular weight excluding hydrogens is 887 g/mol. The summed E-state index contributed by atoms with van der Waals surface area (Å²) in [7, 11) is 0. The number of fused-ring (bicyclic) bond motifs is 2. The second-order valence-corrected chi connectivity index (χ2v) is 51.9. The van der Waals surface area contributed by atoms with Crippen LogP contribution in [-0.2, 0) is 17.4 Å². The van der Waals surface area contributed by atoms with Gasteiger partial charge in [0.1, 0.15) is 0 Å². The normalized spacial score (nSPS) is 33.4. The van der Waals surface area contributed by atoms with Gasteiger partial charge in [-0.3, -0.25) is 0 Å². The van der Waals surface area contributed by atoms with Crippen molar-refractivity contribution in [3.05, 3.63) is 129 Å². The fraction of sp³-hybridized carbons (Fsp3) is 0.517. The first-order chi connectivity index (χ1) is 29.1. The number of benzene rings is 4. The summed E-state index contributed by atoms with van der Waals surface area (Å²) in [6.45, 7) is 9.74. The molecule has 2 atom stereocenters. The molecule has 0 aliphatic heterocycles. The van der Waals surface area contributed by atoms with Crippen LogP contribution < -0.4 is 0 Å². The molecule has 4 aromatic rings. The molecule has 4 aromatic carbocycles. The molecule has 4 heteroatoms. The van der Waals surface area contributed by atoms with Gasteiger partial charge < -0.3 is 0 Å². The molecule has 0 N–H and O–H groups in total. The van der Waals surface area contributed by atoms with Crippen molar-refractivity contribution in [1.29, 1.82) is 0 Å². The van der Waals surface area contributed by atoms with E-state index < -0.39 is 17.4 Å². The number of hydrogen-bond donors (Lipinski definition) is 0. The van der Waals surface area contributed by atoms with Crippen molar-refractivity contribution in [3.8, 4) is 22.3 Å². The topological polar surface area (TPSA) is 0 Å². The second kappa shape index (κ2) is 16.4. The second-order valence-electron chi connectivity index (χ2n) is 23.5. The van der Waals surface area contributed by atoms with Gasteiger partial charge in [-0.05, 0) is 0 Å². The smallest absolute Gasteiger partial charge is 0.147 e. The van der Waals surface area contributed by atoms with E-state index in [9.17, 15) is 0 Å². The summed E-state index contributed by atoms with van der Waals surface area (Å²) in [5.41, 5.74) is 18.9. The van der Waals surface area contributed by atoms with Crippen LogP contribution in [0, 0.1) is 73.0 Å². The van der Waals surface area contributed by atoms with Crippen molar-refractivity contribution in [2.45, 2.75) is 120 Å². The predicted molar refractivity (Wildman–Crippen MR) is 269 cm³/mol. The zero-order chi connectivity index (χ0) is 40.5. The molecule has 62 heavy (non-hydrogen) atoms. The number of halogens is 2. The molecule has 0 amide bonds. The summed E-state index contributed by atoms with van der Waals surface area (Å²) in [5.74, 6) is 9.74. The van der Waals surface area contributed by atoms with Crippen LogP contribution in [0.4, 0.5) is 0 Å². The first kappa shape index (κ1) is 43.9. The Hall–Kier alpha value is -1.96. The average molecular weight is 959 g/mol. The minimum Gasteiger partial charge on any atom is -0.147 e. The third kappa shape index (κ3) is 7.10. The van der Waals surface area contributed by atoms with Crippen molar-refractivity contribution in [2.24, 2.45) is 59.2 Å². The van der Waals surface area contributed by atoms with E-state index in [4.69, 9.17) is 0 Å². The molecule has 0 spiro atoms. The van der Waals surface area contributed by atoms with Gasteiger partial charge in [0.25, 0.3) is 0 Å². The standard InChI is InChI=1S/2C27H29.C3H7.CH3.2ClH.H2Si.Zr/c2*1-17-5-7-21(8-6-17)25-4-2-3-22-10-20(16-27(22)25)15-26-23-11-18-9-19(13-23)14-24(26)12-18;1-3-2;;;;;/h2*2-8,10,16,18-19,23-24,26H,9,11-15H2,1H3;1,3H2,2H3;1H3;2*1H;1H2;. The van der Waals surface area contributed by atoms with Crippen LogP contribution in [0.2, 0.25) is 8.76 Å². The maximum absolute atomic E-state index is 4.03. The third-order valence-corrected chi connectivity index (χ3v) is 43.0. The van der Waals surface area contributed by atoms with Gasteiger partial charge in [-0.25, -0.2) is 0 Å². The molecule has 8 bridgehead atoms. The maximum Gasteiger partial charge on any atom is -0.147 e. The first-order valence-corrected chi connectivity index (χ1v) is 37.9. The molecule has 8 saturated carbocycles. The van der Waals surface area contributed by atoms with Crippen LogP contribution in [0.5, 0.6) is 0 Å². The van der Waals surface area contributed by atoms with Gasteiger partial charge in [0, 0.05) is 0 Å². The molecule has 0 nitrogen and oxygen atoms in total. The monoisotopic (exact) mass is 956 g/mol. The summed E-state index contributed by atoms with van der Waals surface area (Å²) in [5, 5.41) is 0.